The normalized spacial score (nSPS) is 13.8. The monoisotopic (exact) mass is 240 g/mol. The lowest BCUT2D eigenvalue weighted by Gasteiger charge is -2.16. The van der Waals surface area contributed by atoms with Gasteiger partial charge in [0.15, 0.2) is 11.5 Å². The average molecular weight is 240 g/mol. The van der Waals surface area contributed by atoms with Gasteiger partial charge in [-0.2, -0.15) is 0 Å². The van der Waals surface area contributed by atoms with Crippen LogP contribution in [0.25, 0.3) is 0 Å². The number of rotatable bonds is 3. The highest BCUT2D eigenvalue weighted by molar-refractivity contribution is 5.72. The highest BCUT2D eigenvalue weighted by Crippen LogP contribution is 2.40. The van der Waals surface area contributed by atoms with Crippen LogP contribution in [0.2, 0.25) is 0 Å². The summed E-state index contributed by atoms with van der Waals surface area (Å²) in [5.74, 6) is -0.179. The molecule has 4 nitrogen and oxygen atoms in total. The fraction of sp³-hybridized carbons (Fsp3) is 0.417. The fourth-order valence-corrected chi connectivity index (χ4v) is 1.72. The van der Waals surface area contributed by atoms with Crippen molar-refractivity contribution >= 4 is 5.97 Å². The number of hydrogen-bond acceptors (Lipinski definition) is 3. The van der Waals surface area contributed by atoms with Crippen LogP contribution in [0.4, 0.5) is 4.39 Å². The Labute approximate surface area is 98.0 Å². The molecule has 0 saturated carbocycles. The van der Waals surface area contributed by atoms with Crippen molar-refractivity contribution in [1.29, 1.82) is 0 Å². The van der Waals surface area contributed by atoms with E-state index in [1.807, 2.05) is 0 Å². The molecule has 0 radical (unpaired) electrons. The molecule has 1 aromatic rings. The number of carboxylic acid groups (broad SMARTS) is 1. The molecule has 1 N–H and O–H groups in total. The van der Waals surface area contributed by atoms with E-state index in [9.17, 15) is 9.18 Å². The highest BCUT2D eigenvalue weighted by atomic mass is 19.1. The topological polar surface area (TPSA) is 55.8 Å². The molecule has 1 aromatic carbocycles. The Bertz CT molecular complexity index is 462. The summed E-state index contributed by atoms with van der Waals surface area (Å²) in [7, 11) is 0. The van der Waals surface area contributed by atoms with Crippen molar-refractivity contribution in [2.45, 2.75) is 25.9 Å². The van der Waals surface area contributed by atoms with Gasteiger partial charge in [0.1, 0.15) is 5.67 Å². The van der Waals surface area contributed by atoms with Crippen LogP contribution in [-0.4, -0.2) is 17.9 Å². The molecular weight excluding hydrogens is 227 g/mol. The maximum absolute atomic E-state index is 13.9. The summed E-state index contributed by atoms with van der Waals surface area (Å²) in [4.78, 5) is 10.7. The van der Waals surface area contributed by atoms with Crippen LogP contribution in [0.15, 0.2) is 12.1 Å². The van der Waals surface area contributed by atoms with Gasteiger partial charge in [0.05, 0.1) is 6.42 Å². The molecule has 0 unspecified atom stereocenters. The number of carbonyl (C=O) groups is 1. The van der Waals surface area contributed by atoms with Gasteiger partial charge in [-0.25, -0.2) is 4.39 Å². The quantitative estimate of drug-likeness (QED) is 0.880. The van der Waals surface area contributed by atoms with Crippen LogP contribution in [0.5, 0.6) is 11.5 Å². The molecule has 92 valence electrons. The summed E-state index contributed by atoms with van der Waals surface area (Å²) < 4.78 is 24.2. The summed E-state index contributed by atoms with van der Waals surface area (Å²) in [6.07, 6.45) is -0.213. The average Bonchev–Trinajstić information content (AvgIpc) is 2.62. The van der Waals surface area contributed by atoms with E-state index in [0.717, 1.165) is 0 Å². The van der Waals surface area contributed by atoms with E-state index in [4.69, 9.17) is 14.6 Å². The third kappa shape index (κ3) is 2.33. The molecule has 0 saturated heterocycles. The molecule has 0 spiro atoms. The summed E-state index contributed by atoms with van der Waals surface area (Å²) in [5, 5.41) is 8.80. The number of halogens is 1. The summed E-state index contributed by atoms with van der Waals surface area (Å²) in [6, 6.07) is 3.06. The minimum Gasteiger partial charge on any atom is -0.481 e. The lowest BCUT2D eigenvalue weighted by Crippen LogP contribution is -2.10. The van der Waals surface area contributed by atoms with Gasteiger partial charge in [-0.15, -0.1) is 0 Å². The second-order valence-electron chi connectivity index (χ2n) is 4.41. The zero-order valence-corrected chi connectivity index (χ0v) is 9.62. The number of alkyl halides is 1. The van der Waals surface area contributed by atoms with Crippen molar-refractivity contribution in [3.63, 3.8) is 0 Å². The number of hydrogen-bond donors (Lipinski definition) is 1. The second kappa shape index (κ2) is 3.91. The predicted molar refractivity (Wildman–Crippen MR) is 58.0 cm³/mol. The molecule has 0 amide bonds. The second-order valence-corrected chi connectivity index (χ2v) is 4.41. The Hall–Kier alpha value is -1.78. The zero-order chi connectivity index (χ0) is 12.6. The number of fused-ring (bicyclic) bond motifs is 1. The number of carboxylic acids is 1. The molecule has 2 rings (SSSR count). The summed E-state index contributed by atoms with van der Waals surface area (Å²) in [6.45, 7) is 2.86. The molecule has 1 aliphatic heterocycles. The van der Waals surface area contributed by atoms with Crippen LogP contribution in [0.3, 0.4) is 0 Å². The van der Waals surface area contributed by atoms with Gasteiger partial charge < -0.3 is 14.6 Å². The van der Waals surface area contributed by atoms with E-state index < -0.39 is 11.6 Å². The Morgan fingerprint density at radius 3 is 2.76 bits per heavy atom. The van der Waals surface area contributed by atoms with Gasteiger partial charge in [0.25, 0.3) is 0 Å². The van der Waals surface area contributed by atoms with E-state index >= 15 is 0 Å². The Morgan fingerprint density at radius 2 is 2.18 bits per heavy atom. The molecule has 0 aliphatic carbocycles. The minimum atomic E-state index is -1.55. The van der Waals surface area contributed by atoms with Crippen LogP contribution in [0.1, 0.15) is 25.0 Å². The third-order valence-corrected chi connectivity index (χ3v) is 2.58. The van der Waals surface area contributed by atoms with E-state index in [-0.39, 0.29) is 13.2 Å². The number of benzene rings is 1. The molecule has 0 atom stereocenters. The van der Waals surface area contributed by atoms with Gasteiger partial charge in [0, 0.05) is 5.56 Å². The Balaban J connectivity index is 2.49. The van der Waals surface area contributed by atoms with E-state index in [0.29, 0.717) is 22.6 Å². The molecule has 5 heteroatoms. The van der Waals surface area contributed by atoms with Gasteiger partial charge in [-0.1, -0.05) is 0 Å². The molecular formula is C12H13FO4. The standard InChI is InChI=1S/C12H13FO4/c1-12(2,13)8-3-7(4-10(14)15)11-9(5-8)16-6-17-11/h3,5H,4,6H2,1-2H3,(H,14,15). The first kappa shape index (κ1) is 11.7. The molecule has 17 heavy (non-hydrogen) atoms. The van der Waals surface area contributed by atoms with Crippen molar-refractivity contribution in [1.82, 2.24) is 0 Å². The first-order chi connectivity index (χ1) is 7.88. The molecule has 0 aromatic heterocycles. The van der Waals surface area contributed by atoms with Crippen molar-refractivity contribution in [3.8, 4) is 11.5 Å². The van der Waals surface area contributed by atoms with Crippen molar-refractivity contribution in [2.24, 2.45) is 0 Å². The SMILES string of the molecule is CC(C)(F)c1cc(CC(=O)O)c2c(c1)OCO2. The maximum atomic E-state index is 13.9. The third-order valence-electron chi connectivity index (χ3n) is 2.58. The van der Waals surface area contributed by atoms with E-state index in [2.05, 4.69) is 0 Å². The molecule has 0 bridgehead atoms. The maximum Gasteiger partial charge on any atom is 0.307 e. The van der Waals surface area contributed by atoms with Crippen LogP contribution in [-0.2, 0) is 16.9 Å². The lowest BCUT2D eigenvalue weighted by atomic mass is 9.96. The molecule has 0 fully saturated rings. The fourth-order valence-electron chi connectivity index (χ4n) is 1.72. The van der Waals surface area contributed by atoms with Crippen molar-refractivity contribution < 1.29 is 23.8 Å². The largest absolute Gasteiger partial charge is 0.481 e. The summed E-state index contributed by atoms with van der Waals surface area (Å²) in [5.41, 5.74) is -0.722. The van der Waals surface area contributed by atoms with Gasteiger partial charge in [0.2, 0.25) is 6.79 Å². The predicted octanol–water partition coefficient (Wildman–Crippen LogP) is 2.25. The zero-order valence-electron chi connectivity index (χ0n) is 9.62. The lowest BCUT2D eigenvalue weighted by molar-refractivity contribution is -0.136. The van der Waals surface area contributed by atoms with Crippen LogP contribution in [0, 0.1) is 0 Å². The van der Waals surface area contributed by atoms with E-state index in [1.165, 1.54) is 19.9 Å². The van der Waals surface area contributed by atoms with Gasteiger partial charge in [-0.3, -0.25) is 4.79 Å². The first-order valence-electron chi connectivity index (χ1n) is 5.21. The smallest absolute Gasteiger partial charge is 0.307 e. The van der Waals surface area contributed by atoms with Crippen molar-refractivity contribution in [3.05, 3.63) is 23.3 Å². The van der Waals surface area contributed by atoms with Crippen LogP contribution < -0.4 is 9.47 Å². The summed E-state index contributed by atoms with van der Waals surface area (Å²) >= 11 is 0. The van der Waals surface area contributed by atoms with Crippen LogP contribution >= 0.6 is 0 Å². The molecule has 1 heterocycles. The van der Waals surface area contributed by atoms with E-state index in [1.54, 1.807) is 6.07 Å². The number of aliphatic carboxylic acids is 1. The Kier molecular flexibility index (Phi) is 2.69. The van der Waals surface area contributed by atoms with Gasteiger partial charge in [-0.05, 0) is 31.5 Å². The highest BCUT2D eigenvalue weighted by Gasteiger charge is 2.26. The number of ether oxygens (including phenoxy) is 2. The van der Waals surface area contributed by atoms with Crippen molar-refractivity contribution in [2.75, 3.05) is 6.79 Å². The minimum absolute atomic E-state index is 0.0398. The Morgan fingerprint density at radius 1 is 1.47 bits per heavy atom. The van der Waals surface area contributed by atoms with Gasteiger partial charge >= 0.3 is 5.97 Å². The molecule has 1 aliphatic rings. The first-order valence-corrected chi connectivity index (χ1v) is 5.21.